The van der Waals surface area contributed by atoms with Gasteiger partial charge < -0.3 is 14.3 Å². The summed E-state index contributed by atoms with van der Waals surface area (Å²) in [7, 11) is 0. The van der Waals surface area contributed by atoms with E-state index >= 15 is 0 Å². The predicted molar refractivity (Wildman–Crippen MR) is 76.5 cm³/mol. The monoisotopic (exact) mass is 252 g/mol. The molecule has 0 radical (unpaired) electrons. The molecule has 1 N–H and O–H groups in total. The van der Waals surface area contributed by atoms with E-state index in [2.05, 4.69) is 35.0 Å². The highest BCUT2D eigenvalue weighted by molar-refractivity contribution is 5.51. The molecule has 0 amide bonds. The van der Waals surface area contributed by atoms with Gasteiger partial charge in [0.15, 0.2) is 0 Å². The second-order valence-electron chi connectivity index (χ2n) is 4.52. The maximum absolute atomic E-state index is 5.42. The Hall–Kier alpha value is -2.42. The van der Waals surface area contributed by atoms with Crippen LogP contribution in [0.15, 0.2) is 65.5 Å². The highest BCUT2D eigenvalue weighted by atomic mass is 16.3. The van der Waals surface area contributed by atoms with Gasteiger partial charge in [-0.25, -0.2) is 0 Å². The maximum atomic E-state index is 5.42. The molecule has 0 spiro atoms. The molecule has 0 saturated carbocycles. The summed E-state index contributed by atoms with van der Waals surface area (Å²) < 4.78 is 7.51. The van der Waals surface area contributed by atoms with E-state index in [0.717, 1.165) is 17.1 Å². The smallest absolute Gasteiger partial charge is 0.125 e. The molecule has 96 valence electrons. The van der Waals surface area contributed by atoms with Crippen LogP contribution in [0.4, 0.5) is 5.69 Å². The molecule has 0 aliphatic carbocycles. The average Bonchev–Trinajstić information content (AvgIpc) is 3.08. The molecular formula is C16H16N2O. The van der Waals surface area contributed by atoms with Crippen molar-refractivity contribution in [2.45, 2.75) is 13.5 Å². The zero-order chi connectivity index (χ0) is 13.1. The van der Waals surface area contributed by atoms with Crippen molar-refractivity contribution in [2.24, 2.45) is 0 Å². The number of hydrogen-bond donors (Lipinski definition) is 1. The molecule has 1 aromatic carbocycles. The maximum Gasteiger partial charge on any atom is 0.125 e. The summed E-state index contributed by atoms with van der Waals surface area (Å²) in [6.07, 6.45) is 5.80. The fraction of sp³-hybridized carbons (Fsp3) is 0.125. The summed E-state index contributed by atoms with van der Waals surface area (Å²) in [5, 5.41) is 3.38. The molecule has 0 bridgehead atoms. The first-order valence-corrected chi connectivity index (χ1v) is 6.33. The average molecular weight is 252 g/mol. The molecule has 2 heterocycles. The van der Waals surface area contributed by atoms with Crippen LogP contribution in [0.5, 0.6) is 0 Å². The van der Waals surface area contributed by atoms with Crippen LogP contribution in [0, 0.1) is 6.92 Å². The number of aryl methyl sites for hydroxylation is 1. The van der Waals surface area contributed by atoms with Gasteiger partial charge in [-0.2, -0.15) is 0 Å². The Morgan fingerprint density at radius 3 is 2.68 bits per heavy atom. The van der Waals surface area contributed by atoms with Gasteiger partial charge in [-0.15, -0.1) is 0 Å². The van der Waals surface area contributed by atoms with Crippen LogP contribution in [0.1, 0.15) is 11.3 Å². The zero-order valence-corrected chi connectivity index (χ0v) is 10.8. The number of furan rings is 1. The number of hydrogen-bond acceptors (Lipinski definition) is 2. The van der Waals surface area contributed by atoms with Crippen molar-refractivity contribution in [2.75, 3.05) is 5.32 Å². The van der Waals surface area contributed by atoms with Crippen LogP contribution >= 0.6 is 0 Å². The van der Waals surface area contributed by atoms with E-state index in [4.69, 9.17) is 4.42 Å². The Labute approximate surface area is 112 Å². The second-order valence-corrected chi connectivity index (χ2v) is 4.52. The van der Waals surface area contributed by atoms with Crippen molar-refractivity contribution in [3.05, 3.63) is 72.4 Å². The number of anilines is 1. The van der Waals surface area contributed by atoms with Gasteiger partial charge in [0.1, 0.15) is 5.76 Å². The minimum Gasteiger partial charge on any atom is -0.467 e. The molecule has 2 aromatic heterocycles. The van der Waals surface area contributed by atoms with E-state index in [9.17, 15) is 0 Å². The minimum atomic E-state index is 0.702. The summed E-state index contributed by atoms with van der Waals surface area (Å²) in [5.74, 6) is 0.978. The van der Waals surface area contributed by atoms with Crippen molar-refractivity contribution < 1.29 is 4.42 Å². The molecule has 0 aliphatic heterocycles. The number of benzene rings is 1. The Balaban J connectivity index is 1.75. The lowest BCUT2D eigenvalue weighted by Crippen LogP contribution is -2.00. The van der Waals surface area contributed by atoms with E-state index in [1.807, 2.05) is 36.7 Å². The largest absolute Gasteiger partial charge is 0.467 e. The van der Waals surface area contributed by atoms with Crippen LogP contribution in [0.3, 0.4) is 0 Å². The molecule has 3 nitrogen and oxygen atoms in total. The summed E-state index contributed by atoms with van der Waals surface area (Å²) in [6, 6.07) is 14.3. The van der Waals surface area contributed by atoms with Gasteiger partial charge in [-0.1, -0.05) is 6.07 Å². The van der Waals surface area contributed by atoms with Gasteiger partial charge in [0.2, 0.25) is 0 Å². The number of rotatable bonds is 4. The van der Waals surface area contributed by atoms with E-state index in [-0.39, 0.29) is 0 Å². The molecule has 0 unspecified atom stereocenters. The molecule has 0 saturated heterocycles. The minimum absolute atomic E-state index is 0.702. The van der Waals surface area contributed by atoms with Crippen molar-refractivity contribution in [3.8, 4) is 5.69 Å². The lowest BCUT2D eigenvalue weighted by molar-refractivity contribution is 0.515. The van der Waals surface area contributed by atoms with Crippen molar-refractivity contribution >= 4 is 5.69 Å². The van der Waals surface area contributed by atoms with Crippen LogP contribution in [0.25, 0.3) is 5.69 Å². The van der Waals surface area contributed by atoms with Crippen LogP contribution in [0.2, 0.25) is 0 Å². The molecule has 0 aliphatic rings. The number of nitrogens with zero attached hydrogens (tertiary/aromatic N) is 1. The molecule has 0 atom stereocenters. The third kappa shape index (κ3) is 2.55. The van der Waals surface area contributed by atoms with Crippen molar-refractivity contribution in [3.63, 3.8) is 0 Å². The number of aromatic nitrogens is 1. The van der Waals surface area contributed by atoms with E-state index in [1.165, 1.54) is 5.56 Å². The number of nitrogens with one attached hydrogen (secondary N) is 1. The normalized spacial score (nSPS) is 10.6. The Bertz CT molecular complexity index is 653. The molecule has 0 fully saturated rings. The standard InChI is InChI=1S/C16H16N2O/c1-13-7-10-19-16(13)12-17-14-5-4-6-15(11-14)18-8-2-3-9-18/h2-11,17H,12H2,1H3. The van der Waals surface area contributed by atoms with E-state index < -0.39 is 0 Å². The van der Waals surface area contributed by atoms with E-state index in [1.54, 1.807) is 6.26 Å². The van der Waals surface area contributed by atoms with Crippen molar-refractivity contribution in [1.29, 1.82) is 0 Å². The van der Waals surface area contributed by atoms with Gasteiger partial charge in [0.25, 0.3) is 0 Å². The fourth-order valence-corrected chi connectivity index (χ4v) is 2.05. The first kappa shape index (κ1) is 11.7. The summed E-state index contributed by atoms with van der Waals surface area (Å²) >= 11 is 0. The van der Waals surface area contributed by atoms with Gasteiger partial charge in [-0.3, -0.25) is 0 Å². The highest BCUT2D eigenvalue weighted by Gasteiger charge is 2.02. The second kappa shape index (κ2) is 5.06. The Morgan fingerprint density at radius 1 is 1.11 bits per heavy atom. The topological polar surface area (TPSA) is 30.1 Å². The van der Waals surface area contributed by atoms with Gasteiger partial charge in [-0.05, 0) is 48.9 Å². The Kier molecular flexibility index (Phi) is 3.11. The van der Waals surface area contributed by atoms with Gasteiger partial charge >= 0.3 is 0 Å². The van der Waals surface area contributed by atoms with Gasteiger partial charge in [0, 0.05) is 23.8 Å². The third-order valence-electron chi connectivity index (χ3n) is 3.17. The predicted octanol–water partition coefficient (Wildman–Crippen LogP) is 3.99. The first-order valence-electron chi connectivity index (χ1n) is 6.33. The van der Waals surface area contributed by atoms with Gasteiger partial charge in [0.05, 0.1) is 12.8 Å². The SMILES string of the molecule is Cc1ccoc1CNc1cccc(-n2cccc2)c1. The molecule has 3 heteroatoms. The summed E-state index contributed by atoms with van der Waals surface area (Å²) in [5.41, 5.74) is 3.40. The third-order valence-corrected chi connectivity index (χ3v) is 3.17. The quantitative estimate of drug-likeness (QED) is 0.761. The van der Waals surface area contributed by atoms with Crippen LogP contribution in [-0.2, 0) is 6.54 Å². The molecule has 3 aromatic rings. The summed E-state index contributed by atoms with van der Waals surface area (Å²) in [6.45, 7) is 2.75. The van der Waals surface area contributed by atoms with Crippen LogP contribution < -0.4 is 5.32 Å². The lowest BCUT2D eigenvalue weighted by Gasteiger charge is -2.08. The Morgan fingerprint density at radius 2 is 1.95 bits per heavy atom. The van der Waals surface area contributed by atoms with E-state index in [0.29, 0.717) is 6.54 Å². The molecule has 19 heavy (non-hydrogen) atoms. The molecule has 3 rings (SSSR count). The fourth-order valence-electron chi connectivity index (χ4n) is 2.05. The first-order chi connectivity index (χ1) is 9.33. The summed E-state index contributed by atoms with van der Waals surface area (Å²) in [4.78, 5) is 0. The van der Waals surface area contributed by atoms with Crippen LogP contribution in [-0.4, -0.2) is 4.57 Å². The zero-order valence-electron chi connectivity index (χ0n) is 10.8. The molecular weight excluding hydrogens is 236 g/mol. The lowest BCUT2D eigenvalue weighted by atomic mass is 10.2. The highest BCUT2D eigenvalue weighted by Crippen LogP contribution is 2.17. The van der Waals surface area contributed by atoms with Crippen molar-refractivity contribution in [1.82, 2.24) is 4.57 Å².